The molecule has 23 heavy (non-hydrogen) atoms. The van der Waals surface area contributed by atoms with E-state index < -0.39 is 0 Å². The molecule has 2 fully saturated rings. The molecule has 0 saturated carbocycles. The number of amides is 2. The molecule has 1 atom stereocenters. The van der Waals surface area contributed by atoms with E-state index >= 15 is 0 Å². The zero-order valence-corrected chi connectivity index (χ0v) is 12.8. The fourth-order valence-electron chi connectivity index (χ4n) is 3.42. The second kappa shape index (κ2) is 5.66. The lowest BCUT2D eigenvalue weighted by molar-refractivity contribution is -0.139. The Hall–Kier alpha value is -2.41. The number of hydrogen-bond donors (Lipinski definition) is 2. The van der Waals surface area contributed by atoms with Crippen molar-refractivity contribution in [2.24, 2.45) is 0 Å². The van der Waals surface area contributed by atoms with Gasteiger partial charge in [0.05, 0.1) is 17.6 Å². The van der Waals surface area contributed by atoms with E-state index in [-0.39, 0.29) is 24.3 Å². The Morgan fingerprint density at radius 2 is 2.13 bits per heavy atom. The van der Waals surface area contributed by atoms with Crippen molar-refractivity contribution in [3.8, 4) is 0 Å². The highest BCUT2D eigenvalue weighted by Gasteiger charge is 2.36. The van der Waals surface area contributed by atoms with E-state index in [4.69, 9.17) is 0 Å². The van der Waals surface area contributed by atoms with Gasteiger partial charge >= 0.3 is 0 Å². The molecule has 2 N–H and O–H groups in total. The number of carbonyl (C=O) groups is 2. The van der Waals surface area contributed by atoms with Gasteiger partial charge in [-0.15, -0.1) is 0 Å². The minimum absolute atomic E-state index is 0.0285. The summed E-state index contributed by atoms with van der Waals surface area (Å²) in [5, 5.41) is 11.0. The number of hydrogen-bond acceptors (Lipinski definition) is 4. The van der Waals surface area contributed by atoms with Gasteiger partial charge in [-0.1, -0.05) is 18.2 Å². The minimum atomic E-state index is -0.208. The third-order valence-corrected chi connectivity index (χ3v) is 4.71. The molecule has 7 heteroatoms. The third kappa shape index (κ3) is 2.57. The number of H-pyrrole nitrogens is 1. The lowest BCUT2D eigenvalue weighted by atomic mass is 10.1. The molecule has 1 aromatic carbocycles. The molecule has 1 aromatic heterocycles. The fourth-order valence-corrected chi connectivity index (χ4v) is 3.42. The van der Waals surface area contributed by atoms with E-state index in [2.05, 4.69) is 20.4 Å². The predicted octanol–water partition coefficient (Wildman–Crippen LogP) is -0.252. The standard InChI is InChI=1S/C16H19N5O2/c22-15(9-13-11-3-1-2-4-12(11)18-19-13)21-8-7-20-6-5-17-16(23)14(20)10-21/h1-4,14H,5-10H2,(H,17,23)(H,18,19)/t14-/m0/s1. The van der Waals surface area contributed by atoms with Crippen LogP contribution in [0.15, 0.2) is 24.3 Å². The first-order valence-electron chi connectivity index (χ1n) is 7.94. The molecule has 0 aliphatic carbocycles. The van der Waals surface area contributed by atoms with E-state index in [0.717, 1.165) is 29.7 Å². The number of benzene rings is 1. The number of carbonyl (C=O) groups excluding carboxylic acids is 2. The summed E-state index contributed by atoms with van der Waals surface area (Å²) < 4.78 is 0. The average Bonchev–Trinajstić information content (AvgIpc) is 2.98. The molecule has 3 heterocycles. The number of piperazine rings is 2. The highest BCUT2D eigenvalue weighted by Crippen LogP contribution is 2.18. The van der Waals surface area contributed by atoms with E-state index in [1.54, 1.807) is 4.90 Å². The molecule has 2 aromatic rings. The Morgan fingerprint density at radius 1 is 1.26 bits per heavy atom. The first-order valence-corrected chi connectivity index (χ1v) is 7.94. The van der Waals surface area contributed by atoms with Crippen LogP contribution in [0.4, 0.5) is 0 Å². The van der Waals surface area contributed by atoms with Gasteiger partial charge in [-0.3, -0.25) is 19.6 Å². The maximum atomic E-state index is 12.6. The Kier molecular flexibility index (Phi) is 3.49. The van der Waals surface area contributed by atoms with E-state index in [1.807, 2.05) is 24.3 Å². The molecule has 7 nitrogen and oxygen atoms in total. The highest BCUT2D eigenvalue weighted by atomic mass is 16.2. The number of nitrogens with one attached hydrogen (secondary N) is 2. The van der Waals surface area contributed by atoms with Crippen LogP contribution >= 0.6 is 0 Å². The lowest BCUT2D eigenvalue weighted by Gasteiger charge is -2.43. The third-order valence-electron chi connectivity index (χ3n) is 4.71. The number of rotatable bonds is 2. The second-order valence-electron chi connectivity index (χ2n) is 6.08. The molecular formula is C16H19N5O2. The predicted molar refractivity (Wildman–Crippen MR) is 84.7 cm³/mol. The van der Waals surface area contributed by atoms with E-state index in [0.29, 0.717) is 19.6 Å². The zero-order chi connectivity index (χ0) is 15.8. The topological polar surface area (TPSA) is 81.3 Å². The number of fused-ring (bicyclic) bond motifs is 2. The van der Waals surface area contributed by atoms with Crippen LogP contribution < -0.4 is 5.32 Å². The molecule has 4 rings (SSSR count). The average molecular weight is 313 g/mol. The van der Waals surface area contributed by atoms with Gasteiger partial charge in [-0.25, -0.2) is 0 Å². The molecule has 0 spiro atoms. The van der Waals surface area contributed by atoms with Crippen molar-refractivity contribution in [3.63, 3.8) is 0 Å². The molecule has 0 unspecified atom stereocenters. The maximum absolute atomic E-state index is 12.6. The molecule has 2 saturated heterocycles. The van der Waals surface area contributed by atoms with Crippen molar-refractivity contribution >= 4 is 22.7 Å². The minimum Gasteiger partial charge on any atom is -0.353 e. The highest BCUT2D eigenvalue weighted by molar-refractivity contribution is 5.88. The molecule has 120 valence electrons. The summed E-state index contributed by atoms with van der Waals surface area (Å²) in [6, 6.07) is 7.55. The van der Waals surface area contributed by atoms with Gasteiger partial charge < -0.3 is 10.2 Å². The van der Waals surface area contributed by atoms with Crippen LogP contribution in [0.2, 0.25) is 0 Å². The molecule has 2 aliphatic rings. The summed E-state index contributed by atoms with van der Waals surface area (Å²) in [6.07, 6.45) is 0.287. The number of para-hydroxylation sites is 1. The van der Waals surface area contributed by atoms with Crippen LogP contribution in [-0.4, -0.2) is 70.6 Å². The van der Waals surface area contributed by atoms with Gasteiger partial charge in [0.2, 0.25) is 11.8 Å². The first kappa shape index (κ1) is 14.2. The van der Waals surface area contributed by atoms with Crippen LogP contribution in [-0.2, 0) is 16.0 Å². The van der Waals surface area contributed by atoms with Gasteiger partial charge in [-0.2, -0.15) is 5.10 Å². The van der Waals surface area contributed by atoms with Crippen LogP contribution in [0.3, 0.4) is 0 Å². The monoisotopic (exact) mass is 313 g/mol. The van der Waals surface area contributed by atoms with Crippen LogP contribution in [0.25, 0.3) is 10.9 Å². The summed E-state index contributed by atoms with van der Waals surface area (Å²) in [4.78, 5) is 28.6. The number of nitrogens with zero attached hydrogens (tertiary/aromatic N) is 3. The summed E-state index contributed by atoms with van der Waals surface area (Å²) >= 11 is 0. The molecule has 2 amide bonds. The Morgan fingerprint density at radius 3 is 3.04 bits per heavy atom. The SMILES string of the molecule is O=C1NCCN2CCN(C(=O)Cc3[nH]nc4ccccc34)C[C@@H]12. The smallest absolute Gasteiger partial charge is 0.239 e. The van der Waals surface area contributed by atoms with Crippen molar-refractivity contribution in [2.45, 2.75) is 12.5 Å². The van der Waals surface area contributed by atoms with E-state index in [9.17, 15) is 9.59 Å². The summed E-state index contributed by atoms with van der Waals surface area (Å²) in [6.45, 7) is 3.46. The normalized spacial score (nSPS) is 22.0. The largest absolute Gasteiger partial charge is 0.353 e. The second-order valence-corrected chi connectivity index (χ2v) is 6.08. The Labute approximate surface area is 133 Å². The molecule has 0 radical (unpaired) electrons. The van der Waals surface area contributed by atoms with Gasteiger partial charge in [-0.05, 0) is 6.07 Å². The Bertz CT molecular complexity index is 756. The molecule has 0 bridgehead atoms. The quantitative estimate of drug-likeness (QED) is 0.801. The van der Waals surface area contributed by atoms with Crippen LogP contribution in [0.5, 0.6) is 0 Å². The van der Waals surface area contributed by atoms with Crippen molar-refractivity contribution < 1.29 is 9.59 Å². The maximum Gasteiger partial charge on any atom is 0.239 e. The summed E-state index contributed by atoms with van der Waals surface area (Å²) in [5.74, 6) is 0.0677. The van der Waals surface area contributed by atoms with Crippen molar-refractivity contribution in [1.82, 2.24) is 25.3 Å². The lowest BCUT2D eigenvalue weighted by Crippen LogP contribution is -2.64. The van der Waals surface area contributed by atoms with Gasteiger partial charge in [0, 0.05) is 38.1 Å². The number of aromatic amines is 1. The van der Waals surface area contributed by atoms with Gasteiger partial charge in [0.25, 0.3) is 0 Å². The van der Waals surface area contributed by atoms with Gasteiger partial charge in [0.15, 0.2) is 0 Å². The van der Waals surface area contributed by atoms with Crippen molar-refractivity contribution in [1.29, 1.82) is 0 Å². The van der Waals surface area contributed by atoms with Crippen LogP contribution in [0, 0.1) is 0 Å². The van der Waals surface area contributed by atoms with Crippen molar-refractivity contribution in [2.75, 3.05) is 32.7 Å². The molecule has 2 aliphatic heterocycles. The zero-order valence-electron chi connectivity index (χ0n) is 12.8. The van der Waals surface area contributed by atoms with Crippen molar-refractivity contribution in [3.05, 3.63) is 30.0 Å². The number of aromatic nitrogens is 2. The first-order chi connectivity index (χ1) is 11.2. The Balaban J connectivity index is 1.48. The van der Waals surface area contributed by atoms with E-state index in [1.165, 1.54) is 0 Å². The summed E-state index contributed by atoms with van der Waals surface area (Å²) in [7, 11) is 0. The van der Waals surface area contributed by atoms with Gasteiger partial charge in [0.1, 0.15) is 6.04 Å². The summed E-state index contributed by atoms with van der Waals surface area (Å²) in [5.41, 5.74) is 1.70. The fraction of sp³-hybridized carbons (Fsp3) is 0.438. The van der Waals surface area contributed by atoms with Crippen LogP contribution in [0.1, 0.15) is 5.69 Å². The molecular weight excluding hydrogens is 294 g/mol.